The molecular weight excluding hydrogens is 320 g/mol. The lowest BCUT2D eigenvalue weighted by atomic mass is 10.1. The Balaban J connectivity index is 1.79. The number of likely N-dealkylation sites (tertiary alicyclic amines) is 1. The van der Waals surface area contributed by atoms with Gasteiger partial charge in [-0.15, -0.1) is 0 Å². The van der Waals surface area contributed by atoms with Crippen molar-refractivity contribution in [3.05, 3.63) is 35.4 Å². The maximum absolute atomic E-state index is 12.0. The van der Waals surface area contributed by atoms with Gasteiger partial charge in [0.25, 0.3) is 5.91 Å². The Labute approximate surface area is 148 Å². The molecule has 136 valence electrons. The topological polar surface area (TPSA) is 75.7 Å². The van der Waals surface area contributed by atoms with E-state index in [1.54, 1.807) is 12.1 Å². The number of hydrogen-bond donors (Lipinski definition) is 1. The summed E-state index contributed by atoms with van der Waals surface area (Å²) in [7, 11) is 0. The predicted molar refractivity (Wildman–Crippen MR) is 93.9 cm³/mol. The molecule has 0 aromatic heterocycles. The second kappa shape index (κ2) is 9.20. The van der Waals surface area contributed by atoms with Crippen molar-refractivity contribution in [2.75, 3.05) is 13.2 Å². The second-order valence-corrected chi connectivity index (χ2v) is 6.45. The smallest absolute Gasteiger partial charge is 0.338 e. The third-order valence-corrected chi connectivity index (χ3v) is 4.20. The molecule has 25 heavy (non-hydrogen) atoms. The third kappa shape index (κ3) is 5.89. The zero-order valence-electron chi connectivity index (χ0n) is 14.9. The van der Waals surface area contributed by atoms with Gasteiger partial charge >= 0.3 is 5.97 Å². The van der Waals surface area contributed by atoms with Gasteiger partial charge in [0.2, 0.25) is 5.91 Å². The van der Waals surface area contributed by atoms with Crippen LogP contribution in [0.3, 0.4) is 0 Å². The van der Waals surface area contributed by atoms with Gasteiger partial charge in [-0.05, 0) is 37.5 Å². The average Bonchev–Trinajstić information content (AvgIpc) is 2.98. The minimum absolute atomic E-state index is 0.0729. The van der Waals surface area contributed by atoms with Gasteiger partial charge in [0.1, 0.15) is 0 Å². The van der Waals surface area contributed by atoms with Crippen molar-refractivity contribution < 1.29 is 19.1 Å². The molecule has 1 aromatic rings. The number of nitrogens with one attached hydrogen (secondary N) is 1. The first-order valence-electron chi connectivity index (χ1n) is 8.82. The summed E-state index contributed by atoms with van der Waals surface area (Å²) in [6.45, 7) is 5.04. The zero-order chi connectivity index (χ0) is 18.2. The van der Waals surface area contributed by atoms with Gasteiger partial charge in [0.05, 0.1) is 5.56 Å². The molecule has 6 heteroatoms. The summed E-state index contributed by atoms with van der Waals surface area (Å²) < 4.78 is 5.04. The van der Waals surface area contributed by atoms with E-state index in [0.29, 0.717) is 18.5 Å². The Bertz CT molecular complexity index is 612. The lowest BCUT2D eigenvalue weighted by Gasteiger charge is -2.15. The lowest BCUT2D eigenvalue weighted by molar-refractivity contribution is -0.128. The van der Waals surface area contributed by atoms with E-state index < -0.39 is 5.97 Å². The van der Waals surface area contributed by atoms with Crippen LogP contribution < -0.4 is 5.32 Å². The highest BCUT2D eigenvalue weighted by Gasteiger charge is 2.20. The fraction of sp³-hybridized carbons (Fsp3) is 0.526. The maximum Gasteiger partial charge on any atom is 0.338 e. The second-order valence-electron chi connectivity index (χ2n) is 6.45. The monoisotopic (exact) mass is 346 g/mol. The number of rotatable bonds is 8. The van der Waals surface area contributed by atoms with Crippen molar-refractivity contribution in [2.45, 2.75) is 52.1 Å². The van der Waals surface area contributed by atoms with Crippen molar-refractivity contribution in [1.82, 2.24) is 10.2 Å². The average molecular weight is 346 g/mol. The number of carbonyl (C=O) groups is 3. The van der Waals surface area contributed by atoms with Crippen LogP contribution in [0.15, 0.2) is 24.3 Å². The molecule has 1 aliphatic heterocycles. The van der Waals surface area contributed by atoms with Crippen molar-refractivity contribution in [3.63, 3.8) is 0 Å². The summed E-state index contributed by atoms with van der Waals surface area (Å²) in [4.78, 5) is 37.2. The highest BCUT2D eigenvalue weighted by molar-refractivity contribution is 5.91. The van der Waals surface area contributed by atoms with Crippen LogP contribution in [0, 0.1) is 0 Å². The van der Waals surface area contributed by atoms with E-state index in [-0.39, 0.29) is 24.5 Å². The van der Waals surface area contributed by atoms with Crippen LogP contribution in [0.1, 0.15) is 55.5 Å². The number of ether oxygens (including phenoxy) is 1. The maximum atomic E-state index is 12.0. The Morgan fingerprint density at radius 1 is 1.28 bits per heavy atom. The highest BCUT2D eigenvalue weighted by Crippen LogP contribution is 2.15. The van der Waals surface area contributed by atoms with Crippen LogP contribution in [0.5, 0.6) is 0 Å². The van der Waals surface area contributed by atoms with Crippen molar-refractivity contribution in [1.29, 1.82) is 0 Å². The summed E-state index contributed by atoms with van der Waals surface area (Å²) in [5.41, 5.74) is 1.36. The molecule has 2 rings (SSSR count). The quantitative estimate of drug-likeness (QED) is 0.733. The number of esters is 1. The fourth-order valence-electron chi connectivity index (χ4n) is 2.87. The van der Waals surface area contributed by atoms with Crippen LogP contribution in [-0.2, 0) is 20.9 Å². The summed E-state index contributed by atoms with van der Waals surface area (Å²) in [6.07, 6.45) is 3.39. The molecule has 1 atom stereocenters. The normalized spacial score (nSPS) is 15.1. The molecule has 1 aromatic carbocycles. The molecule has 0 bridgehead atoms. The van der Waals surface area contributed by atoms with E-state index in [4.69, 9.17) is 4.74 Å². The molecule has 1 fully saturated rings. The molecule has 1 saturated heterocycles. The Hall–Kier alpha value is -2.37. The van der Waals surface area contributed by atoms with E-state index in [0.717, 1.165) is 31.4 Å². The molecule has 0 spiro atoms. The van der Waals surface area contributed by atoms with E-state index in [2.05, 4.69) is 5.32 Å². The third-order valence-electron chi connectivity index (χ3n) is 4.20. The van der Waals surface area contributed by atoms with Crippen molar-refractivity contribution in [2.24, 2.45) is 0 Å². The first-order chi connectivity index (χ1) is 12.0. The van der Waals surface area contributed by atoms with E-state index in [1.807, 2.05) is 30.9 Å². The molecular formula is C19H26N2O4. The summed E-state index contributed by atoms with van der Waals surface area (Å²) in [5, 5.41) is 2.79. The van der Waals surface area contributed by atoms with Crippen LogP contribution in [0.25, 0.3) is 0 Å². The van der Waals surface area contributed by atoms with Crippen molar-refractivity contribution >= 4 is 17.8 Å². The number of amides is 2. The van der Waals surface area contributed by atoms with Gasteiger partial charge in [-0.3, -0.25) is 9.59 Å². The summed E-state index contributed by atoms with van der Waals surface area (Å²) in [6, 6.07) is 7.02. The summed E-state index contributed by atoms with van der Waals surface area (Å²) in [5.74, 6) is -0.646. The van der Waals surface area contributed by atoms with Gasteiger partial charge in [0.15, 0.2) is 6.61 Å². The van der Waals surface area contributed by atoms with Gasteiger partial charge in [-0.25, -0.2) is 4.79 Å². The fourth-order valence-corrected chi connectivity index (χ4v) is 2.87. The van der Waals surface area contributed by atoms with E-state index in [9.17, 15) is 14.4 Å². The van der Waals surface area contributed by atoms with Crippen LogP contribution >= 0.6 is 0 Å². The van der Waals surface area contributed by atoms with Gasteiger partial charge in [-0.2, -0.15) is 0 Å². The largest absolute Gasteiger partial charge is 0.452 e. The zero-order valence-corrected chi connectivity index (χ0v) is 14.9. The minimum atomic E-state index is -0.526. The van der Waals surface area contributed by atoms with Gasteiger partial charge < -0.3 is 15.0 Å². The first-order valence-corrected chi connectivity index (χ1v) is 8.82. The van der Waals surface area contributed by atoms with Crippen LogP contribution in [0.4, 0.5) is 0 Å². The Morgan fingerprint density at radius 2 is 2.00 bits per heavy atom. The Morgan fingerprint density at radius 3 is 2.60 bits per heavy atom. The number of carbonyl (C=O) groups excluding carboxylic acids is 3. The molecule has 0 unspecified atom stereocenters. The molecule has 1 heterocycles. The van der Waals surface area contributed by atoms with E-state index >= 15 is 0 Å². The van der Waals surface area contributed by atoms with E-state index in [1.165, 1.54) is 0 Å². The molecule has 2 amide bonds. The standard InChI is InChI=1S/C19H26N2O4/c1-3-5-14(2)20-17(22)13-25-19(24)16-9-7-15(8-10-16)12-21-11-4-6-18(21)23/h7-10,14H,3-6,11-13H2,1-2H3,(H,20,22)/t14-/m0/s1. The number of hydrogen-bond acceptors (Lipinski definition) is 4. The Kier molecular flexibility index (Phi) is 6.98. The molecule has 0 saturated carbocycles. The minimum Gasteiger partial charge on any atom is -0.452 e. The predicted octanol–water partition coefficient (Wildman–Crippen LogP) is 2.27. The molecule has 0 aliphatic carbocycles. The van der Waals surface area contributed by atoms with Gasteiger partial charge in [0, 0.05) is 25.6 Å². The number of nitrogens with zero attached hydrogens (tertiary/aromatic N) is 1. The molecule has 1 N–H and O–H groups in total. The molecule has 0 radical (unpaired) electrons. The SMILES string of the molecule is CCC[C@H](C)NC(=O)COC(=O)c1ccc(CN2CCCC2=O)cc1. The highest BCUT2D eigenvalue weighted by atomic mass is 16.5. The van der Waals surface area contributed by atoms with Crippen LogP contribution in [-0.4, -0.2) is 41.9 Å². The van der Waals surface area contributed by atoms with Gasteiger partial charge in [-0.1, -0.05) is 25.5 Å². The van der Waals surface area contributed by atoms with Crippen molar-refractivity contribution in [3.8, 4) is 0 Å². The van der Waals surface area contributed by atoms with Crippen LogP contribution in [0.2, 0.25) is 0 Å². The molecule has 6 nitrogen and oxygen atoms in total. The lowest BCUT2D eigenvalue weighted by Crippen LogP contribution is -2.35. The first kappa shape index (κ1) is 19.0. The summed E-state index contributed by atoms with van der Waals surface area (Å²) >= 11 is 0. The molecule has 1 aliphatic rings. The number of benzene rings is 1.